The van der Waals surface area contributed by atoms with Crippen LogP contribution in [0.25, 0.3) is 0 Å². The molecule has 1 aromatic carbocycles. The van der Waals surface area contributed by atoms with E-state index in [0.29, 0.717) is 12.0 Å². The highest BCUT2D eigenvalue weighted by Crippen LogP contribution is 2.47. The molecule has 2 rings (SSSR count). The summed E-state index contributed by atoms with van der Waals surface area (Å²) in [6.45, 7) is 9.13. The minimum absolute atomic E-state index is 0.219. The largest absolute Gasteiger partial charge is 0.373 e. The molecule has 0 heterocycles. The highest BCUT2D eigenvalue weighted by molar-refractivity contribution is 5.28. The summed E-state index contributed by atoms with van der Waals surface area (Å²) < 4.78 is 19.8. The Balaban J connectivity index is 2.29. The maximum atomic E-state index is 13.7. The first-order valence-corrected chi connectivity index (χ1v) is 7.95. The van der Waals surface area contributed by atoms with Gasteiger partial charge in [0.25, 0.3) is 0 Å². The Labute approximate surface area is 127 Å². The second-order valence-electron chi connectivity index (χ2n) is 7.20. The molecule has 3 heteroatoms. The van der Waals surface area contributed by atoms with E-state index in [9.17, 15) is 4.39 Å². The number of ether oxygens (including phenoxy) is 1. The van der Waals surface area contributed by atoms with E-state index < -0.39 is 0 Å². The smallest absolute Gasteiger partial charge is 0.123 e. The quantitative estimate of drug-likeness (QED) is 0.886. The van der Waals surface area contributed by atoms with Crippen LogP contribution in [0.1, 0.15) is 63.6 Å². The van der Waals surface area contributed by atoms with Crippen molar-refractivity contribution in [2.75, 3.05) is 6.61 Å². The number of halogens is 1. The van der Waals surface area contributed by atoms with E-state index in [0.717, 1.165) is 36.8 Å². The van der Waals surface area contributed by atoms with Crippen LogP contribution in [0.4, 0.5) is 4.39 Å². The summed E-state index contributed by atoms with van der Waals surface area (Å²) in [5.41, 5.74) is 8.27. The molecule has 1 saturated carbocycles. The summed E-state index contributed by atoms with van der Waals surface area (Å²) >= 11 is 0. The fourth-order valence-corrected chi connectivity index (χ4v) is 3.43. The molecular weight excluding hydrogens is 265 g/mol. The van der Waals surface area contributed by atoms with Gasteiger partial charge in [-0.3, -0.25) is 0 Å². The molecule has 0 bridgehead atoms. The predicted molar refractivity (Wildman–Crippen MR) is 84.7 cm³/mol. The van der Waals surface area contributed by atoms with Gasteiger partial charge in [-0.25, -0.2) is 4.39 Å². The number of rotatable bonds is 4. The minimum atomic E-state index is -0.357. The number of benzene rings is 1. The molecule has 21 heavy (non-hydrogen) atoms. The van der Waals surface area contributed by atoms with E-state index in [1.807, 2.05) is 19.9 Å². The third-order valence-electron chi connectivity index (χ3n) is 4.87. The third kappa shape index (κ3) is 3.64. The van der Waals surface area contributed by atoms with Crippen molar-refractivity contribution in [2.24, 2.45) is 11.1 Å². The van der Waals surface area contributed by atoms with Crippen molar-refractivity contribution in [2.45, 2.75) is 65.0 Å². The number of nitrogens with two attached hydrogens (primary N) is 1. The van der Waals surface area contributed by atoms with Crippen LogP contribution in [-0.2, 0) is 4.74 Å². The van der Waals surface area contributed by atoms with Crippen molar-refractivity contribution in [3.63, 3.8) is 0 Å². The highest BCUT2D eigenvalue weighted by atomic mass is 19.1. The summed E-state index contributed by atoms with van der Waals surface area (Å²) in [6.07, 6.45) is 4.05. The van der Waals surface area contributed by atoms with Gasteiger partial charge in [-0.1, -0.05) is 19.9 Å². The molecule has 0 spiro atoms. The van der Waals surface area contributed by atoms with Gasteiger partial charge >= 0.3 is 0 Å². The average molecular weight is 293 g/mol. The van der Waals surface area contributed by atoms with Gasteiger partial charge in [0.15, 0.2) is 0 Å². The van der Waals surface area contributed by atoms with Crippen LogP contribution in [-0.4, -0.2) is 12.2 Å². The zero-order chi connectivity index (χ0) is 15.7. The Bertz CT molecular complexity index is 468. The minimum Gasteiger partial charge on any atom is -0.373 e. The van der Waals surface area contributed by atoms with Gasteiger partial charge in [0, 0.05) is 6.61 Å². The SMILES string of the molecule is CCOC1(C(N)c2cc(C)cc(F)c2)CCC(C)(C)CC1. The average Bonchev–Trinajstić information content (AvgIpc) is 2.40. The zero-order valence-corrected chi connectivity index (χ0v) is 13.7. The molecule has 118 valence electrons. The standard InChI is InChI=1S/C18H28FNO/c1-5-21-18(8-6-17(3,4)7-9-18)16(20)14-10-13(2)11-15(19)12-14/h10-12,16H,5-9,20H2,1-4H3. The number of hydrogen-bond donors (Lipinski definition) is 1. The summed E-state index contributed by atoms with van der Waals surface area (Å²) in [7, 11) is 0. The molecular formula is C18H28FNO. The second-order valence-corrected chi connectivity index (χ2v) is 7.20. The monoisotopic (exact) mass is 293 g/mol. The van der Waals surface area contributed by atoms with Crippen LogP contribution in [0.15, 0.2) is 18.2 Å². The molecule has 1 unspecified atom stereocenters. The summed E-state index contributed by atoms with van der Waals surface area (Å²) in [4.78, 5) is 0. The van der Waals surface area contributed by atoms with Gasteiger partial charge in [-0.2, -0.15) is 0 Å². The molecule has 1 aliphatic carbocycles. The fraction of sp³-hybridized carbons (Fsp3) is 0.667. The molecule has 0 radical (unpaired) electrons. The zero-order valence-electron chi connectivity index (χ0n) is 13.7. The van der Waals surface area contributed by atoms with Gasteiger partial charge < -0.3 is 10.5 Å². The van der Waals surface area contributed by atoms with E-state index in [2.05, 4.69) is 13.8 Å². The summed E-state index contributed by atoms with van der Waals surface area (Å²) in [5.74, 6) is -0.219. The van der Waals surface area contributed by atoms with Crippen molar-refractivity contribution in [1.29, 1.82) is 0 Å². The highest BCUT2D eigenvalue weighted by Gasteiger charge is 2.44. The lowest BCUT2D eigenvalue weighted by Gasteiger charge is -2.46. The lowest BCUT2D eigenvalue weighted by molar-refractivity contribution is -0.100. The van der Waals surface area contributed by atoms with E-state index >= 15 is 0 Å². The first kappa shape index (κ1) is 16.4. The van der Waals surface area contributed by atoms with Crippen LogP contribution in [0.3, 0.4) is 0 Å². The molecule has 0 aromatic heterocycles. The maximum absolute atomic E-state index is 13.7. The van der Waals surface area contributed by atoms with Gasteiger partial charge in [0.05, 0.1) is 11.6 Å². The Kier molecular flexibility index (Phi) is 4.74. The predicted octanol–water partition coefficient (Wildman–Crippen LogP) is 4.51. The topological polar surface area (TPSA) is 35.2 Å². The Morgan fingerprint density at radius 3 is 2.33 bits per heavy atom. The van der Waals surface area contributed by atoms with E-state index in [-0.39, 0.29) is 17.5 Å². The van der Waals surface area contributed by atoms with Crippen molar-refractivity contribution < 1.29 is 9.13 Å². The van der Waals surface area contributed by atoms with Crippen molar-refractivity contribution >= 4 is 0 Å². The lowest BCUT2D eigenvalue weighted by Crippen LogP contribution is -2.48. The molecule has 2 N–H and O–H groups in total. The summed E-state index contributed by atoms with van der Waals surface area (Å²) in [5, 5.41) is 0. The molecule has 1 aliphatic rings. The second kappa shape index (κ2) is 6.05. The van der Waals surface area contributed by atoms with Crippen LogP contribution >= 0.6 is 0 Å². The van der Waals surface area contributed by atoms with Crippen LogP contribution in [0.5, 0.6) is 0 Å². The molecule has 1 aromatic rings. The summed E-state index contributed by atoms with van der Waals surface area (Å²) in [6, 6.07) is 4.79. The van der Waals surface area contributed by atoms with Crippen LogP contribution in [0.2, 0.25) is 0 Å². The third-order valence-corrected chi connectivity index (χ3v) is 4.87. The van der Waals surface area contributed by atoms with Crippen LogP contribution in [0, 0.1) is 18.2 Å². The van der Waals surface area contributed by atoms with Gasteiger partial charge in [-0.15, -0.1) is 0 Å². The van der Waals surface area contributed by atoms with Crippen molar-refractivity contribution in [3.8, 4) is 0 Å². The molecule has 1 atom stereocenters. The number of hydrogen-bond acceptors (Lipinski definition) is 2. The van der Waals surface area contributed by atoms with Gasteiger partial charge in [0.1, 0.15) is 5.82 Å². The Morgan fingerprint density at radius 1 is 1.19 bits per heavy atom. The first-order valence-electron chi connectivity index (χ1n) is 7.95. The van der Waals surface area contributed by atoms with E-state index in [1.165, 1.54) is 6.07 Å². The Morgan fingerprint density at radius 2 is 1.81 bits per heavy atom. The van der Waals surface area contributed by atoms with E-state index in [1.54, 1.807) is 6.07 Å². The van der Waals surface area contributed by atoms with Crippen molar-refractivity contribution in [1.82, 2.24) is 0 Å². The first-order chi connectivity index (χ1) is 9.78. The molecule has 0 aliphatic heterocycles. The lowest BCUT2D eigenvalue weighted by atomic mass is 9.67. The Hall–Kier alpha value is -0.930. The van der Waals surface area contributed by atoms with Gasteiger partial charge in [-0.05, 0) is 68.2 Å². The fourth-order valence-electron chi connectivity index (χ4n) is 3.43. The molecule has 2 nitrogen and oxygen atoms in total. The van der Waals surface area contributed by atoms with Gasteiger partial charge in [0.2, 0.25) is 0 Å². The van der Waals surface area contributed by atoms with E-state index in [4.69, 9.17) is 10.5 Å². The number of aryl methyl sites for hydroxylation is 1. The normalized spacial score (nSPS) is 22.0. The maximum Gasteiger partial charge on any atom is 0.123 e. The molecule has 0 amide bonds. The van der Waals surface area contributed by atoms with Crippen molar-refractivity contribution in [3.05, 3.63) is 35.1 Å². The van der Waals surface area contributed by atoms with Crippen LogP contribution < -0.4 is 5.73 Å². The molecule has 1 fully saturated rings. The molecule has 0 saturated heterocycles.